The lowest BCUT2D eigenvalue weighted by Crippen LogP contribution is -2.36. The number of carbonyl (C=O) groups excluding carboxylic acids is 2. The molecule has 0 spiro atoms. The molecule has 2 heterocycles. The minimum Gasteiger partial charge on any atom is -0.399 e. The Hall–Kier alpha value is -3.50. The Labute approximate surface area is 236 Å². The highest BCUT2D eigenvalue weighted by Gasteiger charge is 2.19. The number of nitrogen functional groups attached to an aromatic ring is 1. The molecule has 0 aromatic heterocycles. The van der Waals surface area contributed by atoms with E-state index in [0.717, 1.165) is 48.9 Å². The third-order valence-corrected chi connectivity index (χ3v) is 6.97. The number of hydrogen-bond donors (Lipinski definition) is 1. The number of nitrogens with two attached hydrogens (primary N) is 1. The molecule has 0 amide bonds. The lowest BCUT2D eigenvalue weighted by atomic mass is 10.00. The third kappa shape index (κ3) is 9.31. The van der Waals surface area contributed by atoms with Crippen LogP contribution >= 0.6 is 0 Å². The molecular weight excluding hydrogens is 512 g/mol. The van der Waals surface area contributed by atoms with Crippen molar-refractivity contribution in [2.45, 2.75) is 40.5 Å². The van der Waals surface area contributed by atoms with Crippen molar-refractivity contribution in [3.8, 4) is 0 Å². The smallest absolute Gasteiger partial charge is 0.271 e. The first-order valence-corrected chi connectivity index (χ1v) is 13.9. The second-order valence-corrected chi connectivity index (χ2v) is 10.8. The normalized spacial score (nSPS) is 15.6. The molecule has 2 aliphatic rings. The summed E-state index contributed by atoms with van der Waals surface area (Å²) in [4.78, 5) is 38.7. The summed E-state index contributed by atoms with van der Waals surface area (Å²) in [5.74, 6) is 0.325. The van der Waals surface area contributed by atoms with Crippen molar-refractivity contribution < 1.29 is 24.0 Å². The van der Waals surface area contributed by atoms with Crippen LogP contribution in [0.3, 0.4) is 0 Å². The second kappa shape index (κ2) is 14.8. The summed E-state index contributed by atoms with van der Waals surface area (Å²) in [5.41, 5.74) is 10.3. The molecule has 10 nitrogen and oxygen atoms in total. The monoisotopic (exact) mass is 554 g/mol. The maximum absolute atomic E-state index is 11.9. The van der Waals surface area contributed by atoms with Crippen LogP contribution in [-0.2, 0) is 31.9 Å². The quantitative estimate of drug-likeness (QED) is 0.277. The number of ketones is 2. The predicted octanol–water partition coefficient (Wildman–Crippen LogP) is 4.07. The molecule has 2 saturated heterocycles. The average Bonchev–Trinajstić information content (AvgIpc) is 2.93. The Bertz CT molecular complexity index is 1170. The molecular formula is C30H42N4O6. The molecule has 40 heavy (non-hydrogen) atoms. The van der Waals surface area contributed by atoms with Crippen molar-refractivity contribution in [3.63, 3.8) is 0 Å². The first kappa shape index (κ1) is 31.0. The zero-order chi connectivity index (χ0) is 29.2. The highest BCUT2D eigenvalue weighted by molar-refractivity contribution is 5.83. The number of nitrogens with zero attached hydrogens (tertiary/aromatic N) is 3. The number of nitro groups is 1. The number of hydrogen-bond acceptors (Lipinski definition) is 9. The van der Waals surface area contributed by atoms with E-state index in [1.807, 2.05) is 45.9 Å². The van der Waals surface area contributed by atoms with E-state index in [1.165, 1.54) is 6.07 Å². The first-order valence-electron chi connectivity index (χ1n) is 13.9. The highest BCUT2D eigenvalue weighted by Crippen LogP contribution is 2.26. The van der Waals surface area contributed by atoms with Crippen LogP contribution < -0.4 is 15.5 Å². The van der Waals surface area contributed by atoms with Crippen LogP contribution in [0.1, 0.15) is 38.8 Å². The minimum absolute atomic E-state index is 0.0329. The lowest BCUT2D eigenvalue weighted by Gasteiger charge is -2.29. The molecule has 0 bridgehead atoms. The third-order valence-electron chi connectivity index (χ3n) is 6.97. The van der Waals surface area contributed by atoms with Gasteiger partial charge in [0.1, 0.15) is 11.6 Å². The number of benzene rings is 2. The molecule has 2 N–H and O–H groups in total. The van der Waals surface area contributed by atoms with Crippen molar-refractivity contribution >= 4 is 34.3 Å². The summed E-state index contributed by atoms with van der Waals surface area (Å²) in [6.07, 6.45) is 0.691. The van der Waals surface area contributed by atoms with Gasteiger partial charge in [0.05, 0.1) is 31.4 Å². The number of anilines is 3. The lowest BCUT2D eigenvalue weighted by molar-refractivity contribution is -0.384. The van der Waals surface area contributed by atoms with Crippen LogP contribution in [0.4, 0.5) is 22.7 Å². The number of non-ortho nitro benzene ring substituents is 1. The van der Waals surface area contributed by atoms with Gasteiger partial charge in [-0.2, -0.15) is 0 Å². The molecule has 2 fully saturated rings. The van der Waals surface area contributed by atoms with Gasteiger partial charge < -0.3 is 25.0 Å². The summed E-state index contributed by atoms with van der Waals surface area (Å²) in [6, 6.07) is 10.9. The Kier molecular flexibility index (Phi) is 11.5. The molecule has 0 unspecified atom stereocenters. The van der Waals surface area contributed by atoms with Gasteiger partial charge in [-0.25, -0.2) is 0 Å². The van der Waals surface area contributed by atoms with Crippen LogP contribution in [-0.4, -0.2) is 69.1 Å². The largest absolute Gasteiger partial charge is 0.399 e. The fraction of sp³-hybridized carbons (Fsp3) is 0.533. The van der Waals surface area contributed by atoms with E-state index in [1.54, 1.807) is 6.07 Å². The van der Waals surface area contributed by atoms with Crippen molar-refractivity contribution in [3.05, 3.63) is 57.6 Å². The van der Waals surface area contributed by atoms with E-state index >= 15 is 0 Å². The average molecular weight is 555 g/mol. The highest BCUT2D eigenvalue weighted by atomic mass is 16.6. The summed E-state index contributed by atoms with van der Waals surface area (Å²) >= 11 is 0. The van der Waals surface area contributed by atoms with Crippen LogP contribution in [0.5, 0.6) is 0 Å². The molecule has 0 atom stereocenters. The Morgan fingerprint density at radius 3 is 1.62 bits per heavy atom. The van der Waals surface area contributed by atoms with Gasteiger partial charge in [0, 0.05) is 80.1 Å². The minimum atomic E-state index is -0.409. The van der Waals surface area contributed by atoms with Gasteiger partial charge in [0.25, 0.3) is 5.69 Å². The first-order chi connectivity index (χ1) is 19.0. The van der Waals surface area contributed by atoms with Crippen LogP contribution in [0.25, 0.3) is 0 Å². The van der Waals surface area contributed by atoms with E-state index < -0.39 is 4.92 Å². The predicted molar refractivity (Wildman–Crippen MR) is 157 cm³/mol. The fourth-order valence-corrected chi connectivity index (χ4v) is 4.48. The molecule has 2 aromatic rings. The van der Waals surface area contributed by atoms with Crippen molar-refractivity contribution in [1.29, 1.82) is 0 Å². The second-order valence-electron chi connectivity index (χ2n) is 10.8. The van der Waals surface area contributed by atoms with Gasteiger partial charge in [-0.15, -0.1) is 0 Å². The summed E-state index contributed by atoms with van der Waals surface area (Å²) in [7, 11) is 0. The van der Waals surface area contributed by atoms with Gasteiger partial charge in [-0.1, -0.05) is 27.7 Å². The molecule has 2 aliphatic heterocycles. The van der Waals surface area contributed by atoms with Crippen LogP contribution in [0.15, 0.2) is 36.4 Å². The molecule has 0 aliphatic carbocycles. The molecule has 2 aromatic carbocycles. The molecule has 4 rings (SSSR count). The summed E-state index contributed by atoms with van der Waals surface area (Å²) < 4.78 is 10.6. The topological polar surface area (TPSA) is 128 Å². The maximum atomic E-state index is 11.9. The number of carbonyl (C=O) groups is 2. The van der Waals surface area contributed by atoms with Crippen molar-refractivity contribution in [2.24, 2.45) is 11.8 Å². The zero-order valence-corrected chi connectivity index (χ0v) is 24.1. The van der Waals surface area contributed by atoms with Crippen molar-refractivity contribution in [2.75, 3.05) is 68.1 Å². The van der Waals surface area contributed by atoms with Gasteiger partial charge in [0.15, 0.2) is 0 Å². The number of rotatable bonds is 9. The summed E-state index contributed by atoms with van der Waals surface area (Å²) in [6.45, 7) is 13.4. The van der Waals surface area contributed by atoms with Gasteiger partial charge >= 0.3 is 0 Å². The Morgan fingerprint density at radius 1 is 0.775 bits per heavy atom. The molecule has 0 saturated carbocycles. The van der Waals surface area contributed by atoms with E-state index in [4.69, 9.17) is 15.2 Å². The molecule has 10 heteroatoms. The Balaban J connectivity index is 0.000000222. The van der Waals surface area contributed by atoms with Gasteiger partial charge in [-0.3, -0.25) is 19.7 Å². The number of ether oxygens (including phenoxy) is 2. The van der Waals surface area contributed by atoms with E-state index in [-0.39, 0.29) is 35.5 Å². The standard InChI is InChI=1S/C15H20N2O4.C15H22N2O2/c1-11(2)15(18)9-12-7-13(10-14(8-12)17(19)20)16-3-5-21-6-4-16;1-11(2)15(18)9-12-7-13(16)10-14(8-12)17-3-5-19-6-4-17/h7-8,10-11H,3-6,9H2,1-2H3;7-8,10-11H,3-6,9,16H2,1-2H3. The summed E-state index contributed by atoms with van der Waals surface area (Å²) in [5, 5.41) is 11.1. The van der Waals surface area contributed by atoms with Gasteiger partial charge in [-0.05, 0) is 35.4 Å². The van der Waals surface area contributed by atoms with Crippen molar-refractivity contribution in [1.82, 2.24) is 0 Å². The van der Waals surface area contributed by atoms with E-state index in [2.05, 4.69) is 15.9 Å². The van der Waals surface area contributed by atoms with E-state index in [0.29, 0.717) is 38.3 Å². The number of nitro benzene ring substituents is 1. The number of morpholine rings is 2. The molecule has 0 radical (unpaired) electrons. The zero-order valence-electron chi connectivity index (χ0n) is 24.1. The molecule has 218 valence electrons. The van der Waals surface area contributed by atoms with Gasteiger partial charge in [0.2, 0.25) is 0 Å². The SMILES string of the molecule is CC(C)C(=O)Cc1cc(N)cc(N2CCOCC2)c1.CC(C)C(=O)Cc1cc(N2CCOCC2)cc([N+](=O)[O-])c1. The number of Topliss-reactive ketones (excluding diaryl/α,β-unsaturated/α-hetero) is 2. The maximum Gasteiger partial charge on any atom is 0.271 e. The van der Waals surface area contributed by atoms with E-state index in [9.17, 15) is 19.7 Å². The Morgan fingerprint density at radius 2 is 1.20 bits per heavy atom. The van der Waals surface area contributed by atoms with Crippen LogP contribution in [0, 0.1) is 22.0 Å². The van der Waals surface area contributed by atoms with Crippen LogP contribution in [0.2, 0.25) is 0 Å². The fourth-order valence-electron chi connectivity index (χ4n) is 4.48.